The van der Waals surface area contributed by atoms with Crippen LogP contribution in [0.15, 0.2) is 24.3 Å². The lowest BCUT2D eigenvalue weighted by Gasteiger charge is -2.45. The van der Waals surface area contributed by atoms with Gasteiger partial charge in [-0.25, -0.2) is 0 Å². The van der Waals surface area contributed by atoms with Crippen LogP contribution < -0.4 is 0 Å². The molecule has 4 rings (SSSR count). The van der Waals surface area contributed by atoms with Crippen LogP contribution in [0.5, 0.6) is 0 Å². The third kappa shape index (κ3) is 6.29. The number of benzene rings is 1. The lowest BCUT2D eigenvalue weighted by Crippen LogP contribution is -2.44. The van der Waals surface area contributed by atoms with Crippen molar-refractivity contribution in [2.45, 2.75) is 110 Å². The maximum Gasteiger partial charge on any atom is 0.416 e. The Hall–Kier alpha value is -1.74. The minimum Gasteiger partial charge on any atom is -0.410 e. The van der Waals surface area contributed by atoms with Crippen molar-refractivity contribution >= 4 is 8.32 Å². The molecule has 0 bridgehead atoms. The van der Waals surface area contributed by atoms with Gasteiger partial charge in [0.2, 0.25) is 0 Å². The van der Waals surface area contributed by atoms with E-state index in [1.165, 1.54) is 12.1 Å². The summed E-state index contributed by atoms with van der Waals surface area (Å²) in [4.78, 5) is 5.28. The fourth-order valence-corrected chi connectivity index (χ4v) is 7.06. The highest BCUT2D eigenvalue weighted by molar-refractivity contribution is 6.74. The van der Waals surface area contributed by atoms with Crippen LogP contribution in [0.25, 0.3) is 0 Å². The molecule has 1 aliphatic heterocycles. The van der Waals surface area contributed by atoms with Gasteiger partial charge in [-0.05, 0) is 79.4 Å². The first kappa shape index (κ1) is 30.2. The summed E-state index contributed by atoms with van der Waals surface area (Å²) in [6.07, 6.45) is -2.42. The molecule has 4 nitrogen and oxygen atoms in total. The minimum atomic E-state index is -4.43. The van der Waals surface area contributed by atoms with Crippen LogP contribution in [0.4, 0.5) is 13.2 Å². The fourth-order valence-electron chi connectivity index (χ4n) is 5.79. The van der Waals surface area contributed by atoms with E-state index >= 15 is 0 Å². The average Bonchev–Trinajstić information content (AvgIpc) is 2.81. The number of aliphatic hydroxyl groups is 1. The first-order valence-electron chi connectivity index (χ1n) is 14.1. The molecular formula is C31H44F3NO3Si. The summed E-state index contributed by atoms with van der Waals surface area (Å²) >= 11 is 0. The minimum absolute atomic E-state index is 0.0000243. The molecule has 0 saturated carbocycles. The van der Waals surface area contributed by atoms with Crippen LogP contribution in [0.1, 0.15) is 111 Å². The second kappa shape index (κ2) is 10.6. The van der Waals surface area contributed by atoms with Gasteiger partial charge in [0.15, 0.2) is 8.32 Å². The number of nitrogens with zero attached hydrogens (tertiary/aromatic N) is 1. The van der Waals surface area contributed by atoms with E-state index in [1.807, 2.05) is 6.92 Å². The summed E-state index contributed by atoms with van der Waals surface area (Å²) in [6, 6.07) is 4.85. The zero-order valence-corrected chi connectivity index (χ0v) is 25.6. The maximum atomic E-state index is 13.2. The quantitative estimate of drug-likeness (QED) is 0.371. The third-order valence-corrected chi connectivity index (χ3v) is 13.5. The molecule has 1 aromatic heterocycles. The van der Waals surface area contributed by atoms with Crippen molar-refractivity contribution in [3.63, 3.8) is 0 Å². The molecule has 8 heteroatoms. The van der Waals surface area contributed by atoms with Crippen molar-refractivity contribution < 1.29 is 27.4 Å². The number of pyridine rings is 1. The van der Waals surface area contributed by atoms with Crippen molar-refractivity contribution in [1.29, 1.82) is 0 Å². The Morgan fingerprint density at radius 1 is 1.08 bits per heavy atom. The van der Waals surface area contributed by atoms with Crippen LogP contribution in [0, 0.1) is 12.3 Å². The summed E-state index contributed by atoms with van der Waals surface area (Å²) in [7, 11) is -2.14. The number of hydrogen-bond acceptors (Lipinski definition) is 4. The smallest absolute Gasteiger partial charge is 0.410 e. The van der Waals surface area contributed by atoms with E-state index in [1.54, 1.807) is 0 Å². The molecule has 2 aromatic rings. The zero-order valence-electron chi connectivity index (χ0n) is 24.6. The predicted octanol–water partition coefficient (Wildman–Crippen LogP) is 8.42. The second-order valence-electron chi connectivity index (χ2n) is 13.7. The van der Waals surface area contributed by atoms with Crippen LogP contribution in [-0.2, 0) is 21.8 Å². The molecule has 2 atom stereocenters. The van der Waals surface area contributed by atoms with E-state index < -0.39 is 26.2 Å². The highest BCUT2D eigenvalue weighted by atomic mass is 28.4. The Kier molecular flexibility index (Phi) is 8.20. The van der Waals surface area contributed by atoms with Crippen LogP contribution in [0.3, 0.4) is 0 Å². The standard InChI is InChI=1S/C31H44F3NO3Si/c1-19-25-23(17-30(5,6)18-24(25)38-39(7,8)29(2,3)4)35-27(20-13-15-37-16-14-20)26(19)28(36)21-9-11-22(12-10-21)31(32,33)34/h9-12,20,24,28,36H,13-18H2,1-8H3. The van der Waals surface area contributed by atoms with E-state index in [4.69, 9.17) is 14.1 Å². The molecular weight excluding hydrogens is 519 g/mol. The van der Waals surface area contributed by atoms with E-state index in [2.05, 4.69) is 47.7 Å². The summed E-state index contributed by atoms with van der Waals surface area (Å²) in [6.45, 7) is 19.0. The van der Waals surface area contributed by atoms with Gasteiger partial charge in [-0.1, -0.05) is 46.8 Å². The summed E-state index contributed by atoms with van der Waals surface area (Å²) in [5.41, 5.74) is 4.30. The highest BCUT2D eigenvalue weighted by Crippen LogP contribution is 2.50. The molecule has 1 fully saturated rings. The van der Waals surface area contributed by atoms with Gasteiger partial charge in [0.05, 0.1) is 17.4 Å². The largest absolute Gasteiger partial charge is 0.416 e. The molecule has 2 heterocycles. The fraction of sp³-hybridized carbons (Fsp3) is 0.645. The lowest BCUT2D eigenvalue weighted by atomic mass is 9.72. The molecule has 216 valence electrons. The maximum absolute atomic E-state index is 13.2. The summed E-state index contributed by atoms with van der Waals surface area (Å²) in [5, 5.41) is 11.8. The topological polar surface area (TPSA) is 51.6 Å². The average molecular weight is 564 g/mol. The number of ether oxygens (including phenoxy) is 1. The molecule has 1 aromatic carbocycles. The van der Waals surface area contributed by atoms with Crippen molar-refractivity contribution in [2.24, 2.45) is 5.41 Å². The van der Waals surface area contributed by atoms with Crippen LogP contribution >= 0.6 is 0 Å². The Morgan fingerprint density at radius 2 is 1.67 bits per heavy atom. The Morgan fingerprint density at radius 3 is 2.21 bits per heavy atom. The second-order valence-corrected chi connectivity index (χ2v) is 18.5. The SMILES string of the molecule is Cc1c2c(nc(C3CCOCC3)c1C(O)c1ccc(C(F)(F)F)cc1)CC(C)(C)CC2O[Si](C)(C)C(C)(C)C. The number of hydrogen-bond donors (Lipinski definition) is 1. The molecule has 1 N–H and O–H groups in total. The number of alkyl halides is 3. The summed E-state index contributed by atoms with van der Waals surface area (Å²) < 4.78 is 52.4. The van der Waals surface area contributed by atoms with Gasteiger partial charge in [-0.2, -0.15) is 13.2 Å². The van der Waals surface area contributed by atoms with Crippen LogP contribution in [-0.4, -0.2) is 31.6 Å². The monoisotopic (exact) mass is 563 g/mol. The van der Waals surface area contributed by atoms with Gasteiger partial charge in [-0.3, -0.25) is 4.98 Å². The third-order valence-electron chi connectivity index (χ3n) is 9.03. The van der Waals surface area contributed by atoms with E-state index in [-0.39, 0.29) is 22.5 Å². The Balaban J connectivity index is 1.88. The molecule has 39 heavy (non-hydrogen) atoms. The van der Waals surface area contributed by atoms with Gasteiger partial charge < -0.3 is 14.3 Å². The molecule has 1 saturated heterocycles. The first-order valence-corrected chi connectivity index (χ1v) is 17.0. The van der Waals surface area contributed by atoms with Gasteiger partial charge in [0, 0.05) is 36.0 Å². The normalized spacial score (nSPS) is 21.5. The van der Waals surface area contributed by atoms with Gasteiger partial charge >= 0.3 is 6.18 Å². The van der Waals surface area contributed by atoms with Gasteiger partial charge in [0.1, 0.15) is 6.10 Å². The van der Waals surface area contributed by atoms with E-state index in [0.717, 1.165) is 60.3 Å². The number of rotatable bonds is 5. The number of aromatic nitrogens is 1. The van der Waals surface area contributed by atoms with Gasteiger partial charge in [-0.15, -0.1) is 0 Å². The number of aliphatic hydroxyl groups excluding tert-OH is 1. The molecule has 0 radical (unpaired) electrons. The van der Waals surface area contributed by atoms with E-state index in [0.29, 0.717) is 24.3 Å². The first-order chi connectivity index (χ1) is 17.9. The summed E-state index contributed by atoms with van der Waals surface area (Å²) in [5.74, 6) is 0.117. The Labute approximate surface area is 232 Å². The number of halogens is 3. The lowest BCUT2D eigenvalue weighted by molar-refractivity contribution is -0.137. The van der Waals surface area contributed by atoms with Crippen molar-refractivity contribution in [3.8, 4) is 0 Å². The van der Waals surface area contributed by atoms with Crippen molar-refractivity contribution in [1.82, 2.24) is 4.98 Å². The molecule has 0 spiro atoms. The molecule has 2 unspecified atom stereocenters. The van der Waals surface area contributed by atoms with Gasteiger partial charge in [0.25, 0.3) is 0 Å². The molecule has 0 amide bonds. The number of fused-ring (bicyclic) bond motifs is 1. The van der Waals surface area contributed by atoms with Crippen molar-refractivity contribution in [3.05, 3.63) is 63.5 Å². The molecule has 2 aliphatic rings. The molecule has 1 aliphatic carbocycles. The predicted molar refractivity (Wildman–Crippen MR) is 150 cm³/mol. The van der Waals surface area contributed by atoms with Crippen LogP contribution in [0.2, 0.25) is 18.1 Å². The van der Waals surface area contributed by atoms with E-state index in [9.17, 15) is 18.3 Å². The zero-order chi connectivity index (χ0) is 29.0. The highest BCUT2D eigenvalue weighted by Gasteiger charge is 2.44. The van der Waals surface area contributed by atoms with Crippen molar-refractivity contribution in [2.75, 3.05) is 13.2 Å². The Bertz CT molecular complexity index is 1180.